The average molecular weight is 423 g/mol. The first kappa shape index (κ1) is 18.8. The maximum atomic E-state index is 12.5. The van der Waals surface area contributed by atoms with Crippen molar-refractivity contribution in [3.63, 3.8) is 0 Å². The first-order valence-electron chi connectivity index (χ1n) is 9.79. The van der Waals surface area contributed by atoms with Gasteiger partial charge in [0, 0.05) is 36.3 Å². The average Bonchev–Trinajstić information content (AvgIpc) is 3.35. The Hall–Kier alpha value is -3.20. The fourth-order valence-corrected chi connectivity index (χ4v) is 5.41. The lowest BCUT2D eigenvalue weighted by atomic mass is 9.87. The third-order valence-corrected chi connectivity index (χ3v) is 6.81. The van der Waals surface area contributed by atoms with Gasteiger partial charge in [0.1, 0.15) is 22.7 Å². The lowest BCUT2D eigenvalue weighted by molar-refractivity contribution is -0.133. The summed E-state index contributed by atoms with van der Waals surface area (Å²) in [6.07, 6.45) is 5.81. The maximum absolute atomic E-state index is 12.5. The highest BCUT2D eigenvalue weighted by Gasteiger charge is 2.30. The number of hydrogen-bond acceptors (Lipinski definition) is 7. The lowest BCUT2D eigenvalue weighted by Gasteiger charge is -2.24. The summed E-state index contributed by atoms with van der Waals surface area (Å²) in [5.41, 5.74) is 2.99. The van der Waals surface area contributed by atoms with Crippen molar-refractivity contribution in [3.05, 3.63) is 35.1 Å². The van der Waals surface area contributed by atoms with E-state index in [9.17, 15) is 4.79 Å². The van der Waals surface area contributed by atoms with Crippen molar-refractivity contribution in [2.75, 3.05) is 26.5 Å². The molecule has 0 spiro atoms. The molecule has 3 heterocycles. The number of H-pyrrole nitrogens is 1. The number of anilines is 2. The maximum Gasteiger partial charge on any atom is 0.225 e. The number of carbonyl (C=O) groups is 1. The molecule has 30 heavy (non-hydrogen) atoms. The van der Waals surface area contributed by atoms with Gasteiger partial charge in [-0.3, -0.25) is 9.89 Å². The molecule has 1 aromatic carbocycles. The van der Waals surface area contributed by atoms with Gasteiger partial charge >= 0.3 is 0 Å². The van der Waals surface area contributed by atoms with Gasteiger partial charge < -0.3 is 15.0 Å². The molecule has 1 aliphatic rings. The molecule has 4 aromatic rings. The number of benzene rings is 1. The molecule has 0 saturated carbocycles. The molecule has 8 nitrogen and oxygen atoms in total. The number of aromatic amines is 1. The minimum Gasteiger partial charge on any atom is -0.494 e. The van der Waals surface area contributed by atoms with E-state index in [-0.39, 0.29) is 11.8 Å². The van der Waals surface area contributed by atoms with Crippen LogP contribution in [0.25, 0.3) is 21.1 Å². The van der Waals surface area contributed by atoms with Crippen LogP contribution in [0.2, 0.25) is 0 Å². The van der Waals surface area contributed by atoms with E-state index in [1.54, 1.807) is 35.9 Å². The fraction of sp³-hybridized carbons (Fsp3) is 0.333. The van der Waals surface area contributed by atoms with Gasteiger partial charge in [0.25, 0.3) is 0 Å². The molecule has 3 aromatic heterocycles. The smallest absolute Gasteiger partial charge is 0.225 e. The summed E-state index contributed by atoms with van der Waals surface area (Å²) in [6, 6.07) is 3.92. The number of fused-ring (bicyclic) bond motifs is 4. The Balaban J connectivity index is 1.55. The Kier molecular flexibility index (Phi) is 4.54. The molecular weight excluding hydrogens is 400 g/mol. The van der Waals surface area contributed by atoms with E-state index < -0.39 is 0 Å². The zero-order chi connectivity index (χ0) is 20.8. The van der Waals surface area contributed by atoms with Crippen molar-refractivity contribution in [2.24, 2.45) is 5.92 Å². The number of aromatic nitrogens is 4. The highest BCUT2D eigenvalue weighted by atomic mass is 32.1. The van der Waals surface area contributed by atoms with Gasteiger partial charge in [-0.2, -0.15) is 5.10 Å². The molecule has 0 saturated heterocycles. The number of thiophene rings is 1. The Labute approximate surface area is 177 Å². The normalized spacial score (nSPS) is 15.9. The number of aryl methyl sites for hydroxylation is 1. The Morgan fingerprint density at radius 3 is 3.00 bits per heavy atom. The summed E-state index contributed by atoms with van der Waals surface area (Å²) >= 11 is 1.66. The van der Waals surface area contributed by atoms with Crippen LogP contribution in [-0.4, -0.2) is 52.2 Å². The number of nitrogens with zero attached hydrogens (tertiary/aromatic N) is 4. The summed E-state index contributed by atoms with van der Waals surface area (Å²) in [5.74, 6) is 1.70. The highest BCUT2D eigenvalue weighted by molar-refractivity contribution is 7.19. The molecule has 0 radical (unpaired) electrons. The van der Waals surface area contributed by atoms with Crippen LogP contribution in [0.5, 0.6) is 5.75 Å². The number of carbonyl (C=O) groups excluding carboxylic acids is 1. The van der Waals surface area contributed by atoms with Crippen molar-refractivity contribution in [1.29, 1.82) is 0 Å². The van der Waals surface area contributed by atoms with Gasteiger partial charge in [0.2, 0.25) is 5.91 Å². The molecule has 9 heteroatoms. The first-order valence-corrected chi connectivity index (χ1v) is 10.6. The van der Waals surface area contributed by atoms with E-state index in [1.807, 2.05) is 26.2 Å². The first-order chi connectivity index (χ1) is 14.5. The van der Waals surface area contributed by atoms with Gasteiger partial charge in [-0.25, -0.2) is 9.97 Å². The molecule has 1 aliphatic carbocycles. The van der Waals surface area contributed by atoms with Crippen LogP contribution >= 0.6 is 11.3 Å². The molecule has 154 valence electrons. The number of rotatable bonds is 4. The molecule has 0 unspecified atom stereocenters. The second kappa shape index (κ2) is 7.24. The molecule has 0 fully saturated rings. The van der Waals surface area contributed by atoms with Crippen molar-refractivity contribution in [3.8, 4) is 5.75 Å². The van der Waals surface area contributed by atoms with Gasteiger partial charge in [-0.15, -0.1) is 11.3 Å². The third kappa shape index (κ3) is 3.06. The van der Waals surface area contributed by atoms with Gasteiger partial charge in [-0.1, -0.05) is 0 Å². The van der Waals surface area contributed by atoms with E-state index in [4.69, 9.17) is 4.74 Å². The summed E-state index contributed by atoms with van der Waals surface area (Å²) in [7, 11) is 5.29. The monoisotopic (exact) mass is 422 g/mol. The van der Waals surface area contributed by atoms with Crippen molar-refractivity contribution < 1.29 is 9.53 Å². The Bertz CT molecular complexity index is 1260. The molecule has 5 rings (SSSR count). The van der Waals surface area contributed by atoms with Crippen LogP contribution in [0.15, 0.2) is 24.7 Å². The zero-order valence-electron chi connectivity index (χ0n) is 17.0. The highest BCUT2D eigenvalue weighted by Crippen LogP contribution is 2.41. The zero-order valence-corrected chi connectivity index (χ0v) is 17.8. The van der Waals surface area contributed by atoms with Crippen molar-refractivity contribution >= 4 is 49.9 Å². The molecule has 1 atom stereocenters. The number of methoxy groups -OCH3 is 1. The van der Waals surface area contributed by atoms with E-state index >= 15 is 0 Å². The Morgan fingerprint density at radius 1 is 1.33 bits per heavy atom. The second-order valence-electron chi connectivity index (χ2n) is 7.71. The molecular formula is C21H22N6O2S. The Morgan fingerprint density at radius 2 is 2.20 bits per heavy atom. The minimum absolute atomic E-state index is 0.0357. The number of ether oxygens (including phenoxy) is 1. The molecule has 1 amide bonds. The van der Waals surface area contributed by atoms with Crippen LogP contribution < -0.4 is 10.1 Å². The topological polar surface area (TPSA) is 96.0 Å². The predicted molar refractivity (Wildman–Crippen MR) is 118 cm³/mol. The molecule has 0 bridgehead atoms. The summed E-state index contributed by atoms with van der Waals surface area (Å²) in [6.45, 7) is 0. The predicted octanol–water partition coefficient (Wildman–Crippen LogP) is 3.51. The van der Waals surface area contributed by atoms with E-state index in [2.05, 4.69) is 25.5 Å². The van der Waals surface area contributed by atoms with Crippen molar-refractivity contribution in [1.82, 2.24) is 25.1 Å². The van der Waals surface area contributed by atoms with Crippen LogP contribution in [-0.2, 0) is 17.6 Å². The van der Waals surface area contributed by atoms with E-state index in [0.29, 0.717) is 5.75 Å². The molecule has 0 aliphatic heterocycles. The lowest BCUT2D eigenvalue weighted by Crippen LogP contribution is -2.32. The summed E-state index contributed by atoms with van der Waals surface area (Å²) in [5, 5.41) is 12.5. The van der Waals surface area contributed by atoms with Crippen LogP contribution in [0, 0.1) is 5.92 Å². The SMILES string of the molecule is COc1cc2[nH]ncc2cc1Nc1ncnc2sc3c(c12)CC[C@H](C(=O)N(C)C)C3. The van der Waals surface area contributed by atoms with Crippen LogP contribution in [0.1, 0.15) is 16.9 Å². The number of hydrogen-bond donors (Lipinski definition) is 2. The number of nitrogens with one attached hydrogen (secondary N) is 2. The van der Waals surface area contributed by atoms with E-state index in [0.717, 1.165) is 51.9 Å². The summed E-state index contributed by atoms with van der Waals surface area (Å²) < 4.78 is 5.57. The van der Waals surface area contributed by atoms with Crippen LogP contribution in [0.3, 0.4) is 0 Å². The second-order valence-corrected chi connectivity index (χ2v) is 8.80. The van der Waals surface area contributed by atoms with Gasteiger partial charge in [0.15, 0.2) is 0 Å². The largest absolute Gasteiger partial charge is 0.494 e. The third-order valence-electron chi connectivity index (χ3n) is 5.65. The summed E-state index contributed by atoms with van der Waals surface area (Å²) in [4.78, 5) is 25.4. The van der Waals surface area contributed by atoms with E-state index in [1.165, 1.54) is 10.4 Å². The van der Waals surface area contributed by atoms with Crippen LogP contribution in [0.4, 0.5) is 11.5 Å². The fourth-order valence-electron chi connectivity index (χ4n) is 4.15. The quantitative estimate of drug-likeness (QED) is 0.522. The standard InChI is InChI=1S/C21H22N6O2S/c1-27(2)21(28)11-4-5-13-17(7-11)30-20-18(13)19(22-10-23-20)25-15-6-12-9-24-26-14(12)8-16(15)29-3/h6,8-11H,4-5,7H2,1-3H3,(H,24,26)(H,22,23,25)/t11-/m0/s1. The minimum atomic E-state index is 0.0357. The van der Waals surface area contributed by atoms with Gasteiger partial charge in [-0.05, 0) is 30.9 Å². The van der Waals surface area contributed by atoms with Crippen molar-refractivity contribution in [2.45, 2.75) is 19.3 Å². The molecule has 2 N–H and O–H groups in total. The van der Waals surface area contributed by atoms with Gasteiger partial charge in [0.05, 0.1) is 29.9 Å². The number of amides is 1.